The summed E-state index contributed by atoms with van der Waals surface area (Å²) in [6.45, 7) is -0.291. The fourth-order valence-corrected chi connectivity index (χ4v) is 3.10. The Labute approximate surface area is 189 Å². The predicted molar refractivity (Wildman–Crippen MR) is 117 cm³/mol. The quantitative estimate of drug-likeness (QED) is 0.457. The monoisotopic (exact) mass is 454 g/mol. The lowest BCUT2D eigenvalue weighted by Gasteiger charge is -2.32. The van der Waals surface area contributed by atoms with Crippen LogP contribution in [-0.2, 0) is 23.8 Å². The Morgan fingerprint density at radius 2 is 1.55 bits per heavy atom. The number of methoxy groups -OCH3 is 2. The van der Waals surface area contributed by atoms with E-state index in [1.165, 1.54) is 25.2 Å². The minimum absolute atomic E-state index is 0.0498. The highest BCUT2D eigenvalue weighted by Crippen LogP contribution is 2.29. The molecule has 3 N–H and O–H groups in total. The number of para-hydroxylation sites is 2. The molecule has 11 heteroatoms. The van der Waals surface area contributed by atoms with Gasteiger partial charge >= 0.3 is 18.0 Å². The molecular weight excluding hydrogens is 432 g/mol. The third kappa shape index (κ3) is 5.46. The van der Waals surface area contributed by atoms with E-state index >= 15 is 0 Å². The van der Waals surface area contributed by atoms with Crippen molar-refractivity contribution in [3.8, 4) is 0 Å². The molecule has 0 fully saturated rings. The van der Waals surface area contributed by atoms with Crippen molar-refractivity contribution in [1.82, 2.24) is 10.9 Å². The van der Waals surface area contributed by atoms with E-state index in [1.807, 2.05) is 0 Å². The number of hydrogen-bond acceptors (Lipinski definition) is 8. The highest BCUT2D eigenvalue weighted by atomic mass is 16.5. The molecule has 0 aliphatic carbocycles. The minimum atomic E-state index is -0.797. The number of carbonyl (C=O) groups excluding carboxylic acids is 4. The predicted octanol–water partition coefficient (Wildman–Crippen LogP) is 1.55. The van der Waals surface area contributed by atoms with E-state index in [0.29, 0.717) is 5.69 Å². The second kappa shape index (κ2) is 10.8. The first kappa shape index (κ1) is 23.3. The summed E-state index contributed by atoms with van der Waals surface area (Å²) in [6.07, 6.45) is 0. The molecule has 0 saturated heterocycles. The standard InChI is InChI=1S/C22H22N4O7/c1-31-20(28)16-12-33-13-26(18(16)21(29)32-2)17-11-7-6-10-15(17)19(27)24-25-22(30)23-14-8-4-3-5-9-14/h3-11H,12-13H2,1-2H3,(H,24,27)(H2,23,25,30). The molecule has 172 valence electrons. The van der Waals surface area contributed by atoms with Gasteiger partial charge < -0.3 is 24.4 Å². The lowest BCUT2D eigenvalue weighted by molar-refractivity contribution is -0.140. The first-order valence-electron chi connectivity index (χ1n) is 9.72. The van der Waals surface area contributed by atoms with E-state index in [9.17, 15) is 19.2 Å². The molecule has 1 heterocycles. The zero-order valence-electron chi connectivity index (χ0n) is 17.9. The van der Waals surface area contributed by atoms with Gasteiger partial charge in [0.25, 0.3) is 5.91 Å². The molecule has 1 aliphatic rings. The molecule has 11 nitrogen and oxygen atoms in total. The number of ether oxygens (including phenoxy) is 3. The van der Waals surface area contributed by atoms with Crippen molar-refractivity contribution in [2.75, 3.05) is 37.8 Å². The largest absolute Gasteiger partial charge is 0.466 e. The highest BCUT2D eigenvalue weighted by Gasteiger charge is 2.34. The molecule has 0 saturated carbocycles. The van der Waals surface area contributed by atoms with Gasteiger partial charge in [0, 0.05) is 5.69 Å². The summed E-state index contributed by atoms with van der Waals surface area (Å²) >= 11 is 0. The second-order valence-electron chi connectivity index (χ2n) is 6.63. The van der Waals surface area contributed by atoms with Gasteiger partial charge in [-0.25, -0.2) is 19.8 Å². The lowest BCUT2D eigenvalue weighted by Crippen LogP contribution is -2.45. The topological polar surface area (TPSA) is 135 Å². The number of carbonyl (C=O) groups is 4. The fraction of sp³-hybridized carbons (Fsp3) is 0.182. The number of nitrogens with one attached hydrogen (secondary N) is 3. The molecule has 3 amide bonds. The first-order chi connectivity index (χ1) is 16.0. The van der Waals surface area contributed by atoms with E-state index < -0.39 is 23.9 Å². The van der Waals surface area contributed by atoms with Crippen molar-refractivity contribution in [2.45, 2.75) is 0 Å². The average Bonchev–Trinajstić information content (AvgIpc) is 2.86. The Kier molecular flexibility index (Phi) is 7.60. The van der Waals surface area contributed by atoms with Crippen molar-refractivity contribution >= 4 is 35.3 Å². The van der Waals surface area contributed by atoms with E-state index in [2.05, 4.69) is 16.2 Å². The van der Waals surface area contributed by atoms with Crippen molar-refractivity contribution < 1.29 is 33.4 Å². The van der Waals surface area contributed by atoms with E-state index in [4.69, 9.17) is 14.2 Å². The summed E-state index contributed by atoms with van der Waals surface area (Å²) in [4.78, 5) is 50.9. The van der Waals surface area contributed by atoms with Crippen LogP contribution in [0.25, 0.3) is 0 Å². The van der Waals surface area contributed by atoms with Crippen LogP contribution in [0.3, 0.4) is 0 Å². The van der Waals surface area contributed by atoms with Crippen molar-refractivity contribution in [2.24, 2.45) is 0 Å². The second-order valence-corrected chi connectivity index (χ2v) is 6.63. The van der Waals surface area contributed by atoms with Crippen LogP contribution in [0.5, 0.6) is 0 Å². The Bertz CT molecular complexity index is 1090. The summed E-state index contributed by atoms with van der Waals surface area (Å²) in [5.41, 5.74) is 5.31. The van der Waals surface area contributed by atoms with Crippen LogP contribution in [0.4, 0.5) is 16.2 Å². The molecule has 0 atom stereocenters. The molecule has 2 aromatic rings. The Balaban J connectivity index is 1.84. The van der Waals surface area contributed by atoms with Crippen LogP contribution in [0, 0.1) is 0 Å². The van der Waals surface area contributed by atoms with Gasteiger partial charge in [-0.2, -0.15) is 0 Å². The molecule has 0 unspecified atom stereocenters. The van der Waals surface area contributed by atoms with Crippen LogP contribution in [-0.4, -0.2) is 51.4 Å². The number of urea groups is 1. The van der Waals surface area contributed by atoms with Crippen molar-refractivity contribution in [3.63, 3.8) is 0 Å². The van der Waals surface area contributed by atoms with Crippen molar-refractivity contribution in [1.29, 1.82) is 0 Å². The summed E-state index contributed by atoms with van der Waals surface area (Å²) < 4.78 is 15.0. The number of nitrogens with zero attached hydrogens (tertiary/aromatic N) is 1. The molecule has 2 aromatic carbocycles. The molecule has 0 spiro atoms. The Hall–Kier alpha value is -4.38. The summed E-state index contributed by atoms with van der Waals surface area (Å²) in [7, 11) is 2.35. The molecule has 33 heavy (non-hydrogen) atoms. The maximum Gasteiger partial charge on any atom is 0.355 e. The highest BCUT2D eigenvalue weighted by molar-refractivity contribution is 6.06. The van der Waals surface area contributed by atoms with Gasteiger partial charge in [0.15, 0.2) is 0 Å². The summed E-state index contributed by atoms with van der Waals surface area (Å²) in [5.74, 6) is -2.22. The van der Waals surface area contributed by atoms with Gasteiger partial charge in [-0.3, -0.25) is 10.2 Å². The van der Waals surface area contributed by atoms with Crippen molar-refractivity contribution in [3.05, 3.63) is 71.4 Å². The van der Waals surface area contributed by atoms with Crippen LogP contribution >= 0.6 is 0 Å². The van der Waals surface area contributed by atoms with Gasteiger partial charge in [-0.15, -0.1) is 0 Å². The van der Waals surface area contributed by atoms with Crippen LogP contribution in [0.2, 0.25) is 0 Å². The van der Waals surface area contributed by atoms with Gasteiger partial charge in [0.2, 0.25) is 0 Å². The smallest absolute Gasteiger partial charge is 0.355 e. The zero-order valence-corrected chi connectivity index (χ0v) is 17.9. The maximum atomic E-state index is 12.8. The number of anilines is 2. The number of amides is 3. The third-order valence-electron chi connectivity index (χ3n) is 4.59. The lowest BCUT2D eigenvalue weighted by atomic mass is 10.1. The number of benzene rings is 2. The molecule has 1 aliphatic heterocycles. The van der Waals surface area contributed by atoms with Gasteiger partial charge in [-0.05, 0) is 24.3 Å². The number of hydrazine groups is 1. The molecular formula is C22H22N4O7. The van der Waals surface area contributed by atoms with Gasteiger partial charge in [-0.1, -0.05) is 30.3 Å². The SMILES string of the molecule is COC(=O)C1=C(C(=O)OC)N(c2ccccc2C(=O)NNC(=O)Nc2ccccc2)COC1. The number of hydrogen-bond donors (Lipinski definition) is 3. The third-order valence-corrected chi connectivity index (χ3v) is 4.59. The summed E-state index contributed by atoms with van der Waals surface area (Å²) in [5, 5.41) is 2.57. The number of rotatable bonds is 5. The molecule has 0 bridgehead atoms. The van der Waals surface area contributed by atoms with Crippen LogP contribution in [0.15, 0.2) is 65.9 Å². The fourth-order valence-electron chi connectivity index (χ4n) is 3.10. The summed E-state index contributed by atoms with van der Waals surface area (Å²) in [6, 6.07) is 14.3. The minimum Gasteiger partial charge on any atom is -0.466 e. The van der Waals surface area contributed by atoms with E-state index in [-0.39, 0.29) is 35.9 Å². The zero-order chi connectivity index (χ0) is 23.8. The first-order valence-corrected chi connectivity index (χ1v) is 9.72. The van der Waals surface area contributed by atoms with E-state index in [0.717, 1.165) is 0 Å². The maximum absolute atomic E-state index is 12.8. The van der Waals surface area contributed by atoms with E-state index in [1.54, 1.807) is 48.5 Å². The van der Waals surface area contributed by atoms with Crippen LogP contribution < -0.4 is 21.1 Å². The Morgan fingerprint density at radius 3 is 2.24 bits per heavy atom. The molecule has 0 radical (unpaired) electrons. The molecule has 3 rings (SSSR count). The van der Waals surface area contributed by atoms with Crippen LogP contribution in [0.1, 0.15) is 10.4 Å². The number of esters is 2. The molecule has 0 aromatic heterocycles. The average molecular weight is 454 g/mol. The van der Waals surface area contributed by atoms with Gasteiger partial charge in [0.05, 0.1) is 37.7 Å². The Morgan fingerprint density at radius 1 is 0.879 bits per heavy atom. The van der Waals surface area contributed by atoms with Gasteiger partial charge in [0.1, 0.15) is 12.4 Å². The normalized spacial score (nSPS) is 13.1.